The summed E-state index contributed by atoms with van der Waals surface area (Å²) >= 11 is 5.72. The summed E-state index contributed by atoms with van der Waals surface area (Å²) in [6.45, 7) is 7.64. The normalized spacial score (nSPS) is 26.8. The average Bonchev–Trinajstić information content (AvgIpc) is 2.96. The van der Waals surface area contributed by atoms with Gasteiger partial charge in [0.2, 0.25) is 10.0 Å². The Labute approximate surface area is 147 Å². The van der Waals surface area contributed by atoms with Crippen molar-refractivity contribution in [2.24, 2.45) is 5.41 Å². The first-order chi connectivity index (χ1) is 11.3. The van der Waals surface area contributed by atoms with Crippen LogP contribution in [0.25, 0.3) is 0 Å². The fourth-order valence-electron chi connectivity index (χ4n) is 3.46. The third-order valence-electron chi connectivity index (χ3n) is 4.92. The predicted molar refractivity (Wildman–Crippen MR) is 92.2 cm³/mol. The van der Waals surface area contributed by atoms with Gasteiger partial charge in [-0.25, -0.2) is 12.8 Å². The molecule has 1 aromatic carbocycles. The van der Waals surface area contributed by atoms with E-state index in [0.29, 0.717) is 26.2 Å². The van der Waals surface area contributed by atoms with Crippen molar-refractivity contribution in [2.75, 3.05) is 45.8 Å². The average molecular weight is 376 g/mol. The number of hydrogen-bond donors (Lipinski definition) is 1. The molecule has 2 fully saturated rings. The van der Waals surface area contributed by atoms with Gasteiger partial charge in [-0.05, 0) is 36.6 Å². The topological polar surface area (TPSA) is 52.7 Å². The maximum absolute atomic E-state index is 13.3. The minimum atomic E-state index is -3.62. The molecule has 2 saturated heterocycles. The second kappa shape index (κ2) is 6.88. The molecule has 0 saturated carbocycles. The van der Waals surface area contributed by atoms with E-state index in [1.807, 2.05) is 0 Å². The highest BCUT2D eigenvalue weighted by Crippen LogP contribution is 2.27. The van der Waals surface area contributed by atoms with Gasteiger partial charge in [0.1, 0.15) is 5.82 Å². The van der Waals surface area contributed by atoms with Gasteiger partial charge in [-0.2, -0.15) is 4.31 Å². The zero-order chi connectivity index (χ0) is 17.4. The van der Waals surface area contributed by atoms with E-state index in [2.05, 4.69) is 17.1 Å². The Morgan fingerprint density at radius 1 is 1.29 bits per heavy atom. The summed E-state index contributed by atoms with van der Waals surface area (Å²) in [5.41, 5.74) is 0.269. The summed E-state index contributed by atoms with van der Waals surface area (Å²) < 4.78 is 40.1. The molecule has 1 aromatic rings. The number of nitrogens with one attached hydrogen (secondary N) is 1. The lowest BCUT2D eigenvalue weighted by Crippen LogP contribution is -2.51. The molecule has 3 rings (SSSR count). The monoisotopic (exact) mass is 375 g/mol. The summed E-state index contributed by atoms with van der Waals surface area (Å²) in [6, 6.07) is 3.55. The van der Waals surface area contributed by atoms with Gasteiger partial charge >= 0.3 is 0 Å². The van der Waals surface area contributed by atoms with Gasteiger partial charge in [0, 0.05) is 39.3 Å². The molecular formula is C16H23ClFN3O2S. The maximum atomic E-state index is 13.3. The van der Waals surface area contributed by atoms with Gasteiger partial charge in [0.05, 0.1) is 9.92 Å². The van der Waals surface area contributed by atoms with Crippen LogP contribution in [0, 0.1) is 11.2 Å². The van der Waals surface area contributed by atoms with Gasteiger partial charge in [-0.3, -0.25) is 0 Å². The standard InChI is InChI=1S/C16H23ClFN3O2S/c1-16(4-5-19-11-16)12-20-6-8-21(9-7-20)24(22,23)13-2-3-15(18)14(17)10-13/h2-3,10,19H,4-9,11-12H2,1H3. The van der Waals surface area contributed by atoms with Gasteiger partial charge in [-0.1, -0.05) is 18.5 Å². The van der Waals surface area contributed by atoms with Gasteiger partial charge < -0.3 is 10.2 Å². The third-order valence-corrected chi connectivity index (χ3v) is 7.11. The fourth-order valence-corrected chi connectivity index (χ4v) is 5.15. The van der Waals surface area contributed by atoms with Crippen molar-refractivity contribution >= 4 is 21.6 Å². The predicted octanol–water partition coefficient (Wildman–Crippen LogP) is 1.78. The van der Waals surface area contributed by atoms with Crippen LogP contribution in [0.4, 0.5) is 4.39 Å². The Hall–Kier alpha value is -0.730. The van der Waals surface area contributed by atoms with E-state index in [-0.39, 0.29) is 15.3 Å². The van der Waals surface area contributed by atoms with Gasteiger partial charge in [0.25, 0.3) is 0 Å². The first kappa shape index (κ1) is 18.1. The molecule has 0 aliphatic carbocycles. The first-order valence-corrected chi connectivity index (χ1v) is 10.0. The Morgan fingerprint density at radius 3 is 2.58 bits per heavy atom. The zero-order valence-corrected chi connectivity index (χ0v) is 15.3. The zero-order valence-electron chi connectivity index (χ0n) is 13.8. The van der Waals surface area contributed by atoms with E-state index < -0.39 is 15.8 Å². The molecule has 2 heterocycles. The molecule has 1 unspecified atom stereocenters. The molecule has 1 atom stereocenters. The smallest absolute Gasteiger partial charge is 0.243 e. The number of hydrogen-bond acceptors (Lipinski definition) is 4. The highest BCUT2D eigenvalue weighted by molar-refractivity contribution is 7.89. The van der Waals surface area contributed by atoms with E-state index in [1.54, 1.807) is 0 Å². The van der Waals surface area contributed by atoms with Crippen LogP contribution in [-0.2, 0) is 10.0 Å². The van der Waals surface area contributed by atoms with E-state index in [9.17, 15) is 12.8 Å². The molecule has 8 heteroatoms. The van der Waals surface area contributed by atoms with Crippen LogP contribution < -0.4 is 5.32 Å². The van der Waals surface area contributed by atoms with Crippen molar-refractivity contribution in [3.63, 3.8) is 0 Å². The number of sulfonamides is 1. The molecule has 0 bridgehead atoms. The van der Waals surface area contributed by atoms with Crippen LogP contribution in [0.3, 0.4) is 0 Å². The summed E-state index contributed by atoms with van der Waals surface area (Å²) in [6.07, 6.45) is 1.15. The maximum Gasteiger partial charge on any atom is 0.243 e. The van der Waals surface area contributed by atoms with Crippen molar-refractivity contribution in [3.05, 3.63) is 29.0 Å². The van der Waals surface area contributed by atoms with Crippen LogP contribution in [0.2, 0.25) is 5.02 Å². The van der Waals surface area contributed by atoms with E-state index >= 15 is 0 Å². The van der Waals surface area contributed by atoms with Crippen molar-refractivity contribution in [1.29, 1.82) is 0 Å². The molecule has 2 aliphatic rings. The molecule has 0 amide bonds. The number of nitrogens with zero attached hydrogens (tertiary/aromatic N) is 2. The number of piperazine rings is 1. The van der Waals surface area contributed by atoms with Gasteiger partial charge in [-0.15, -0.1) is 0 Å². The highest BCUT2D eigenvalue weighted by Gasteiger charge is 2.34. The number of rotatable bonds is 4. The second-order valence-corrected chi connectivity index (χ2v) is 9.34. The number of benzene rings is 1. The van der Waals surface area contributed by atoms with Crippen molar-refractivity contribution in [3.8, 4) is 0 Å². The Balaban J connectivity index is 1.64. The van der Waals surface area contributed by atoms with E-state index in [1.165, 1.54) is 16.4 Å². The second-order valence-electron chi connectivity index (χ2n) is 6.99. The molecule has 134 valence electrons. The molecule has 0 radical (unpaired) electrons. The molecular weight excluding hydrogens is 353 g/mol. The minimum Gasteiger partial charge on any atom is -0.316 e. The minimum absolute atomic E-state index is 0.0503. The molecule has 0 spiro atoms. The van der Waals surface area contributed by atoms with Crippen molar-refractivity contribution in [1.82, 2.24) is 14.5 Å². The van der Waals surface area contributed by atoms with Gasteiger partial charge in [0.15, 0.2) is 0 Å². The lowest BCUT2D eigenvalue weighted by molar-refractivity contribution is 0.132. The van der Waals surface area contributed by atoms with Crippen LogP contribution in [0.5, 0.6) is 0 Å². The van der Waals surface area contributed by atoms with Crippen LogP contribution in [-0.4, -0.2) is 63.4 Å². The largest absolute Gasteiger partial charge is 0.316 e. The highest BCUT2D eigenvalue weighted by atomic mass is 35.5. The van der Waals surface area contributed by atoms with Crippen LogP contribution in [0.1, 0.15) is 13.3 Å². The molecule has 24 heavy (non-hydrogen) atoms. The quantitative estimate of drug-likeness (QED) is 0.871. The molecule has 1 N–H and O–H groups in total. The SMILES string of the molecule is CC1(CN2CCN(S(=O)(=O)c3ccc(F)c(Cl)c3)CC2)CCNC1. The van der Waals surface area contributed by atoms with Crippen LogP contribution >= 0.6 is 11.6 Å². The van der Waals surface area contributed by atoms with Crippen molar-refractivity contribution < 1.29 is 12.8 Å². The fraction of sp³-hybridized carbons (Fsp3) is 0.625. The molecule has 5 nitrogen and oxygen atoms in total. The van der Waals surface area contributed by atoms with Crippen LogP contribution in [0.15, 0.2) is 23.1 Å². The Bertz CT molecular complexity index is 699. The number of halogens is 2. The summed E-state index contributed by atoms with van der Waals surface area (Å²) in [4.78, 5) is 2.38. The summed E-state index contributed by atoms with van der Waals surface area (Å²) in [7, 11) is -3.62. The van der Waals surface area contributed by atoms with E-state index in [4.69, 9.17) is 11.6 Å². The Morgan fingerprint density at radius 2 is 2.00 bits per heavy atom. The lowest BCUT2D eigenvalue weighted by Gasteiger charge is -2.38. The Kier molecular flexibility index (Phi) is 5.18. The lowest BCUT2D eigenvalue weighted by atomic mass is 9.89. The third kappa shape index (κ3) is 3.75. The van der Waals surface area contributed by atoms with Crippen molar-refractivity contribution in [2.45, 2.75) is 18.2 Å². The first-order valence-electron chi connectivity index (χ1n) is 8.18. The summed E-state index contributed by atoms with van der Waals surface area (Å²) in [5.74, 6) is -0.612. The summed E-state index contributed by atoms with van der Waals surface area (Å²) in [5, 5.41) is 3.22. The molecule has 2 aliphatic heterocycles. The molecule has 0 aromatic heterocycles. The van der Waals surface area contributed by atoms with E-state index in [0.717, 1.165) is 32.1 Å².